The summed E-state index contributed by atoms with van der Waals surface area (Å²) < 4.78 is 64.9. The number of benzene rings is 6. The van der Waals surface area contributed by atoms with E-state index in [9.17, 15) is 9.59 Å². The molecule has 0 radical (unpaired) electrons. The second-order valence-corrected chi connectivity index (χ2v) is 10.4. The second-order valence-electron chi connectivity index (χ2n) is 10.4. The van der Waals surface area contributed by atoms with E-state index in [0.29, 0.717) is 0 Å². The van der Waals surface area contributed by atoms with E-state index in [2.05, 4.69) is 0 Å². The summed E-state index contributed by atoms with van der Waals surface area (Å²) in [4.78, 5) is 29.6. The summed E-state index contributed by atoms with van der Waals surface area (Å²) in [6, 6.07) is 31.3. The highest BCUT2D eigenvalue weighted by Crippen LogP contribution is 2.48. The molecule has 2 nitrogen and oxygen atoms in total. The Hall–Kier alpha value is -5.62. The third kappa shape index (κ3) is 4.02. The molecular weight excluding hydrogens is 564 g/mol. The van der Waals surface area contributed by atoms with Crippen LogP contribution in [0.5, 0.6) is 0 Å². The Balaban J connectivity index is 1.69. The summed E-state index contributed by atoms with van der Waals surface area (Å²) in [5.74, 6) is -7.15. The van der Waals surface area contributed by atoms with Crippen LogP contribution >= 0.6 is 0 Å². The van der Waals surface area contributed by atoms with Crippen LogP contribution in [0.15, 0.2) is 121 Å². The predicted molar refractivity (Wildman–Crippen MR) is 161 cm³/mol. The molecule has 0 atom stereocenters. The molecule has 0 heterocycles. The third-order valence-corrected chi connectivity index (χ3v) is 7.92. The molecule has 0 N–H and O–H groups in total. The molecule has 0 amide bonds. The van der Waals surface area contributed by atoms with E-state index in [4.69, 9.17) is 0 Å². The van der Waals surface area contributed by atoms with Gasteiger partial charge in [0.15, 0.2) is 34.8 Å². The first kappa shape index (κ1) is 27.2. The van der Waals surface area contributed by atoms with Gasteiger partial charge in [-0.25, -0.2) is 17.6 Å². The van der Waals surface area contributed by atoms with Crippen LogP contribution in [-0.4, -0.2) is 11.6 Å². The van der Waals surface area contributed by atoms with Gasteiger partial charge in [0.25, 0.3) is 0 Å². The number of hydrogen-bond donors (Lipinski definition) is 0. The monoisotopic (exact) mass is 584 g/mol. The lowest BCUT2D eigenvalue weighted by Crippen LogP contribution is -2.27. The molecule has 6 heteroatoms. The van der Waals surface area contributed by atoms with Crippen molar-refractivity contribution in [3.8, 4) is 44.5 Å². The first-order valence-corrected chi connectivity index (χ1v) is 13.8. The van der Waals surface area contributed by atoms with E-state index in [1.807, 2.05) is 0 Å². The van der Waals surface area contributed by atoms with Gasteiger partial charge in [-0.2, -0.15) is 0 Å². The van der Waals surface area contributed by atoms with Crippen LogP contribution in [0.3, 0.4) is 0 Å². The Morgan fingerprint density at radius 2 is 0.455 bits per heavy atom. The van der Waals surface area contributed by atoms with Gasteiger partial charge in [0, 0.05) is 44.5 Å². The van der Waals surface area contributed by atoms with Crippen molar-refractivity contribution in [2.75, 3.05) is 0 Å². The minimum absolute atomic E-state index is 0.150. The molecule has 7 rings (SSSR count). The lowest BCUT2D eigenvalue weighted by molar-refractivity contribution is 0.0979. The Labute approximate surface area is 249 Å². The van der Waals surface area contributed by atoms with Crippen molar-refractivity contribution in [1.82, 2.24) is 0 Å². The van der Waals surface area contributed by atoms with Crippen LogP contribution in [0.1, 0.15) is 31.8 Å². The van der Waals surface area contributed by atoms with E-state index in [-0.39, 0.29) is 22.3 Å². The molecule has 212 valence electrons. The van der Waals surface area contributed by atoms with Crippen LogP contribution in [0, 0.1) is 23.3 Å². The van der Waals surface area contributed by atoms with E-state index in [0.717, 1.165) is 0 Å². The summed E-state index contributed by atoms with van der Waals surface area (Å²) in [5.41, 5.74) is -2.73. The molecule has 0 saturated carbocycles. The van der Waals surface area contributed by atoms with Crippen molar-refractivity contribution in [1.29, 1.82) is 0 Å². The van der Waals surface area contributed by atoms with Crippen molar-refractivity contribution < 1.29 is 27.2 Å². The van der Waals surface area contributed by atoms with Gasteiger partial charge < -0.3 is 0 Å². The van der Waals surface area contributed by atoms with Crippen molar-refractivity contribution in [2.24, 2.45) is 0 Å². The largest absolute Gasteiger partial charge is 0.289 e. The van der Waals surface area contributed by atoms with Crippen LogP contribution in [0.4, 0.5) is 17.6 Å². The molecule has 0 bridgehead atoms. The number of rotatable bonds is 4. The second kappa shape index (κ2) is 10.6. The Kier molecular flexibility index (Phi) is 6.55. The molecule has 0 fully saturated rings. The molecule has 6 aromatic rings. The standard InChI is InChI=1S/C38H20F4O2/c39-33-25(21-13-5-1-6-14-21)29-30(26(34(33)40)22-15-7-2-8-16-22)38(44)32-28(24-19-11-4-12-20-24)36(42)35(41)27(31(32)37(29)43)23-17-9-3-10-18-23/h1-20H. The van der Waals surface area contributed by atoms with Crippen molar-refractivity contribution in [2.45, 2.75) is 0 Å². The molecule has 44 heavy (non-hydrogen) atoms. The number of carbonyl (C=O) groups is 2. The zero-order chi connectivity index (χ0) is 30.5. The summed E-state index contributed by atoms with van der Waals surface area (Å²) in [7, 11) is 0. The average molecular weight is 585 g/mol. The highest BCUT2D eigenvalue weighted by Gasteiger charge is 2.43. The Morgan fingerprint density at radius 1 is 0.273 bits per heavy atom. The fourth-order valence-electron chi connectivity index (χ4n) is 6.04. The number of halogens is 4. The van der Waals surface area contributed by atoms with E-state index in [1.165, 1.54) is 48.5 Å². The molecule has 0 spiro atoms. The van der Waals surface area contributed by atoms with Gasteiger partial charge in [-0.1, -0.05) is 121 Å². The van der Waals surface area contributed by atoms with Crippen LogP contribution in [0.25, 0.3) is 44.5 Å². The minimum Gasteiger partial charge on any atom is -0.289 e. The maximum absolute atomic E-state index is 16.2. The number of carbonyl (C=O) groups excluding carboxylic acids is 2. The van der Waals surface area contributed by atoms with E-state index in [1.54, 1.807) is 72.8 Å². The third-order valence-electron chi connectivity index (χ3n) is 7.92. The van der Waals surface area contributed by atoms with Gasteiger partial charge in [0.05, 0.1) is 0 Å². The first-order chi connectivity index (χ1) is 21.4. The molecule has 1 aliphatic rings. The minimum atomic E-state index is -1.33. The van der Waals surface area contributed by atoms with Gasteiger partial charge in [-0.3, -0.25) is 9.59 Å². The van der Waals surface area contributed by atoms with Gasteiger partial charge >= 0.3 is 0 Å². The zero-order valence-corrected chi connectivity index (χ0v) is 22.9. The van der Waals surface area contributed by atoms with Crippen molar-refractivity contribution in [3.05, 3.63) is 167 Å². The maximum atomic E-state index is 16.2. The molecule has 6 aromatic carbocycles. The van der Waals surface area contributed by atoms with Gasteiger partial charge in [-0.15, -0.1) is 0 Å². The lowest BCUT2D eigenvalue weighted by atomic mass is 9.72. The quantitative estimate of drug-likeness (QED) is 0.193. The van der Waals surface area contributed by atoms with Crippen molar-refractivity contribution in [3.63, 3.8) is 0 Å². The van der Waals surface area contributed by atoms with E-state index >= 15 is 17.6 Å². The van der Waals surface area contributed by atoms with Crippen molar-refractivity contribution >= 4 is 11.6 Å². The fourth-order valence-corrected chi connectivity index (χ4v) is 6.04. The molecule has 1 aliphatic carbocycles. The highest BCUT2D eigenvalue weighted by molar-refractivity contribution is 6.35. The zero-order valence-electron chi connectivity index (χ0n) is 22.9. The highest BCUT2D eigenvalue weighted by atomic mass is 19.2. The number of fused-ring (bicyclic) bond motifs is 2. The molecule has 0 aliphatic heterocycles. The number of hydrogen-bond acceptors (Lipinski definition) is 2. The molecule has 0 unspecified atom stereocenters. The first-order valence-electron chi connectivity index (χ1n) is 13.8. The maximum Gasteiger partial charge on any atom is 0.196 e. The topological polar surface area (TPSA) is 34.1 Å². The Bertz CT molecular complexity index is 1810. The SMILES string of the molecule is O=C1c2c(c(-c3ccccc3)c(F)c(F)c2-c2ccccc2)C(=O)c2c1c(-c1ccccc1)c(F)c(F)c2-c1ccccc1. The summed E-state index contributed by atoms with van der Waals surface area (Å²) in [6.07, 6.45) is 0. The fraction of sp³-hybridized carbons (Fsp3) is 0. The smallest absolute Gasteiger partial charge is 0.196 e. The van der Waals surface area contributed by atoms with E-state index < -0.39 is 79.3 Å². The van der Waals surface area contributed by atoms with Gasteiger partial charge in [-0.05, 0) is 22.3 Å². The number of ketones is 2. The van der Waals surface area contributed by atoms with Crippen LogP contribution < -0.4 is 0 Å². The molecular formula is C38H20F4O2. The Morgan fingerprint density at radius 3 is 0.636 bits per heavy atom. The van der Waals surface area contributed by atoms with Crippen LogP contribution in [-0.2, 0) is 0 Å². The van der Waals surface area contributed by atoms with Crippen LogP contribution in [0.2, 0.25) is 0 Å². The normalized spacial score (nSPS) is 12.2. The average Bonchev–Trinajstić information content (AvgIpc) is 3.07. The molecule has 0 aromatic heterocycles. The van der Waals surface area contributed by atoms with Gasteiger partial charge in [0.2, 0.25) is 0 Å². The summed E-state index contributed by atoms with van der Waals surface area (Å²) >= 11 is 0. The summed E-state index contributed by atoms with van der Waals surface area (Å²) in [5, 5.41) is 0. The molecule has 0 saturated heterocycles. The van der Waals surface area contributed by atoms with Gasteiger partial charge in [0.1, 0.15) is 0 Å². The summed E-state index contributed by atoms with van der Waals surface area (Å²) in [6.45, 7) is 0. The lowest BCUT2D eigenvalue weighted by Gasteiger charge is -2.28. The predicted octanol–water partition coefficient (Wildman–Crippen LogP) is 9.69.